The van der Waals surface area contributed by atoms with E-state index in [0.29, 0.717) is 0 Å². The summed E-state index contributed by atoms with van der Waals surface area (Å²) in [5.41, 5.74) is 23.7. The smallest absolute Gasteiger partial charge is 0.0541 e. The molecule has 21 aromatic carbocycles. The quantitative estimate of drug-likeness (QED) is 0.127. The first-order valence-corrected chi connectivity index (χ1v) is 39.5. The van der Waals surface area contributed by atoms with Gasteiger partial charge in [0.25, 0.3) is 0 Å². The topological polar surface area (TPSA) is 4.93 Å². The maximum Gasteiger partial charge on any atom is 0.0541 e. The van der Waals surface area contributed by atoms with Crippen LogP contribution in [0.4, 0.5) is 0 Å². The molecular formula is C110H69NS. The molecule has 0 N–H and O–H groups in total. The molecule has 1 nitrogen and oxygen atoms in total. The van der Waals surface area contributed by atoms with Crippen molar-refractivity contribution in [2.75, 3.05) is 0 Å². The van der Waals surface area contributed by atoms with E-state index in [4.69, 9.17) is 0 Å². The maximum absolute atomic E-state index is 2.45. The van der Waals surface area contributed by atoms with Gasteiger partial charge in [-0.1, -0.05) is 358 Å². The number of para-hydroxylation sites is 1. The van der Waals surface area contributed by atoms with Gasteiger partial charge in [-0.2, -0.15) is 0 Å². The van der Waals surface area contributed by atoms with Gasteiger partial charge in [0.05, 0.1) is 11.0 Å². The Morgan fingerprint density at radius 3 is 0.536 bits per heavy atom. The normalized spacial score (nSPS) is 11.8. The maximum atomic E-state index is 2.45. The Morgan fingerprint density at radius 1 is 0.134 bits per heavy atom. The lowest BCUT2D eigenvalue weighted by molar-refractivity contribution is 1.18. The minimum atomic E-state index is 1.15. The van der Waals surface area contributed by atoms with Gasteiger partial charge in [-0.3, -0.25) is 0 Å². The van der Waals surface area contributed by atoms with Crippen molar-refractivity contribution in [2.45, 2.75) is 0 Å². The van der Waals surface area contributed by atoms with Gasteiger partial charge in [-0.05, 0) is 236 Å². The highest BCUT2D eigenvalue weighted by Crippen LogP contribution is 2.52. The van der Waals surface area contributed by atoms with Crippen molar-refractivity contribution in [3.63, 3.8) is 0 Å². The van der Waals surface area contributed by atoms with Crippen LogP contribution in [-0.4, -0.2) is 4.57 Å². The Hall–Kier alpha value is -14.3. The van der Waals surface area contributed by atoms with Crippen LogP contribution in [0.2, 0.25) is 0 Å². The SMILES string of the molecule is c1ccc(-c2c3ccccc3c(-c3ccc4c(c3)c3cc(-c5c6ccccc6c(-c6ccccc6)c6ccccc56)ccc3n4-c3ccccc3)c3ccccc23)cc1.c1ccc(-c2c3ccccc3c(-c3ccc4sc5ccc(-c6c7ccccc7c(-c7ccccc7)c7ccccc67)cc5c4c3)c3ccccc23)cc1. The molecule has 0 bridgehead atoms. The van der Waals surface area contributed by atoms with E-state index in [0.717, 1.165) is 5.69 Å². The lowest BCUT2D eigenvalue weighted by Gasteiger charge is -2.18. The molecule has 0 aliphatic heterocycles. The van der Waals surface area contributed by atoms with Crippen LogP contribution in [0.3, 0.4) is 0 Å². The fourth-order valence-corrected chi connectivity index (χ4v) is 19.8. The Morgan fingerprint density at radius 2 is 0.312 bits per heavy atom. The summed E-state index contributed by atoms with van der Waals surface area (Å²) in [6.07, 6.45) is 0. The summed E-state index contributed by atoms with van der Waals surface area (Å²) in [5, 5.41) is 25.4. The van der Waals surface area contributed by atoms with Gasteiger partial charge < -0.3 is 4.57 Å². The van der Waals surface area contributed by atoms with Crippen LogP contribution in [0.15, 0.2) is 419 Å². The van der Waals surface area contributed by atoms with E-state index in [9.17, 15) is 0 Å². The monoisotopic (exact) mass is 1440 g/mol. The number of hydrogen-bond acceptors (Lipinski definition) is 1. The van der Waals surface area contributed by atoms with Crippen molar-refractivity contribution in [2.24, 2.45) is 0 Å². The van der Waals surface area contributed by atoms with Crippen LogP contribution in [0, 0.1) is 0 Å². The third kappa shape index (κ3) is 10.5. The number of fused-ring (bicyclic) bond motifs is 14. The fraction of sp³-hybridized carbons (Fsp3) is 0. The third-order valence-corrected chi connectivity index (χ3v) is 24.5. The zero-order chi connectivity index (χ0) is 73.7. The molecule has 0 saturated heterocycles. The standard InChI is InChI=1S/C58H37N.C52H32S/c1-4-18-38(19-5-1)55-43-24-10-14-28-47(43)57(48-29-15-11-25-44(48)55)40-32-34-53-51(36-40)52-37-41(33-35-54(52)59(53)42-22-8-3-9-23-42)58-49-30-16-12-26-45(49)56(39-20-6-2-7-21-39)46-27-13-17-31-50(46)58;1-3-15-33(16-4-1)49-37-19-7-11-23-41(37)51(42-24-12-8-20-38(42)49)35-27-29-47-45(31-35)46-32-36(28-30-48(46)53-47)52-43-25-13-9-21-39(43)50(34-17-5-2-6-18-34)40-22-10-14-26-44(40)52/h1-37H;1-32H. The second kappa shape index (κ2) is 26.8. The number of aromatic nitrogens is 1. The summed E-state index contributed by atoms with van der Waals surface area (Å²) in [7, 11) is 0. The molecule has 23 rings (SSSR count). The molecule has 0 aliphatic carbocycles. The van der Waals surface area contributed by atoms with Crippen molar-refractivity contribution in [3.8, 4) is 94.7 Å². The summed E-state index contributed by atoms with van der Waals surface area (Å²) < 4.78 is 5.05. The Labute approximate surface area is 652 Å². The van der Waals surface area contributed by atoms with E-state index in [-0.39, 0.29) is 0 Å². The molecule has 0 unspecified atom stereocenters. The molecular weight excluding hydrogens is 1370 g/mol. The second-order valence-corrected chi connectivity index (χ2v) is 30.6. The molecule has 0 radical (unpaired) electrons. The largest absolute Gasteiger partial charge is 0.309 e. The van der Waals surface area contributed by atoms with Crippen LogP contribution < -0.4 is 0 Å². The Bertz CT molecular complexity index is 7040. The van der Waals surface area contributed by atoms with E-state index < -0.39 is 0 Å². The highest BCUT2D eigenvalue weighted by Gasteiger charge is 2.25. The number of rotatable bonds is 9. The van der Waals surface area contributed by atoms with Crippen molar-refractivity contribution < 1.29 is 0 Å². The first-order valence-electron chi connectivity index (χ1n) is 38.7. The predicted molar refractivity (Wildman–Crippen MR) is 484 cm³/mol. The minimum absolute atomic E-state index is 1.15. The molecule has 0 saturated carbocycles. The van der Waals surface area contributed by atoms with E-state index in [1.54, 1.807) is 0 Å². The van der Waals surface area contributed by atoms with Gasteiger partial charge >= 0.3 is 0 Å². The molecule has 2 heterocycles. The number of thiophene rings is 1. The first-order chi connectivity index (χ1) is 55.6. The first kappa shape index (κ1) is 64.9. The highest BCUT2D eigenvalue weighted by atomic mass is 32.1. The molecule has 112 heavy (non-hydrogen) atoms. The van der Waals surface area contributed by atoms with Gasteiger partial charge in [0.15, 0.2) is 0 Å². The second-order valence-electron chi connectivity index (χ2n) is 29.5. The molecule has 2 heteroatoms. The molecule has 23 aromatic rings. The third-order valence-electron chi connectivity index (χ3n) is 23.4. The summed E-state index contributed by atoms with van der Waals surface area (Å²) >= 11 is 1.88. The summed E-state index contributed by atoms with van der Waals surface area (Å²) in [4.78, 5) is 0. The molecule has 0 atom stereocenters. The zero-order valence-electron chi connectivity index (χ0n) is 61.2. The number of nitrogens with zero attached hydrogens (tertiary/aromatic N) is 1. The van der Waals surface area contributed by atoms with Crippen LogP contribution in [0.1, 0.15) is 0 Å². The van der Waals surface area contributed by atoms with Gasteiger partial charge in [0, 0.05) is 36.6 Å². The lowest BCUT2D eigenvalue weighted by Crippen LogP contribution is -1.94. The van der Waals surface area contributed by atoms with Gasteiger partial charge in [0.1, 0.15) is 0 Å². The van der Waals surface area contributed by atoms with E-state index in [1.165, 1.54) is 217 Å². The van der Waals surface area contributed by atoms with E-state index in [2.05, 4.69) is 423 Å². The number of hydrogen-bond donors (Lipinski definition) is 0. The van der Waals surface area contributed by atoms with E-state index in [1.807, 2.05) is 11.3 Å². The van der Waals surface area contributed by atoms with Crippen molar-refractivity contribution in [3.05, 3.63) is 419 Å². The lowest BCUT2D eigenvalue weighted by atomic mass is 9.85. The zero-order valence-corrected chi connectivity index (χ0v) is 62.0. The molecule has 0 fully saturated rings. The van der Waals surface area contributed by atoms with Gasteiger partial charge in [0.2, 0.25) is 0 Å². The summed E-state index contributed by atoms with van der Waals surface area (Å²) in [6, 6.07) is 154. The summed E-state index contributed by atoms with van der Waals surface area (Å²) in [5.74, 6) is 0. The molecule has 520 valence electrons. The van der Waals surface area contributed by atoms with Crippen molar-refractivity contribution in [1.82, 2.24) is 4.57 Å². The van der Waals surface area contributed by atoms with E-state index >= 15 is 0 Å². The average Bonchev–Trinajstić information content (AvgIpc) is 1.24. The Kier molecular flexibility index (Phi) is 15.5. The van der Waals surface area contributed by atoms with Crippen molar-refractivity contribution in [1.29, 1.82) is 0 Å². The molecule has 2 aromatic heterocycles. The van der Waals surface area contributed by atoms with Crippen LogP contribution >= 0.6 is 11.3 Å². The molecule has 0 amide bonds. The van der Waals surface area contributed by atoms with Crippen LogP contribution in [-0.2, 0) is 0 Å². The average molecular weight is 1440 g/mol. The Balaban J connectivity index is 0.000000138. The highest BCUT2D eigenvalue weighted by molar-refractivity contribution is 7.25. The number of benzene rings is 21. The van der Waals surface area contributed by atoms with Crippen LogP contribution in [0.25, 0.3) is 223 Å². The van der Waals surface area contributed by atoms with Gasteiger partial charge in [-0.25, -0.2) is 0 Å². The summed E-state index contributed by atoms with van der Waals surface area (Å²) in [6.45, 7) is 0. The molecule has 0 aliphatic rings. The van der Waals surface area contributed by atoms with Gasteiger partial charge in [-0.15, -0.1) is 11.3 Å². The molecule has 0 spiro atoms. The van der Waals surface area contributed by atoms with Crippen LogP contribution in [0.5, 0.6) is 0 Å². The van der Waals surface area contributed by atoms with Crippen molar-refractivity contribution >= 4 is 139 Å². The fourth-order valence-electron chi connectivity index (χ4n) is 18.7. The predicted octanol–water partition coefficient (Wildman–Crippen LogP) is 31.4. The minimum Gasteiger partial charge on any atom is -0.309 e.